The van der Waals surface area contributed by atoms with Crippen LogP contribution in [0.15, 0.2) is 11.2 Å². The van der Waals surface area contributed by atoms with Crippen molar-refractivity contribution in [1.82, 2.24) is 8.75 Å². The molecule has 1 aromatic rings. The smallest absolute Gasteiger partial charge is 0.294 e. The van der Waals surface area contributed by atoms with Gasteiger partial charge in [0.1, 0.15) is 11.6 Å². The molecule has 0 bridgehead atoms. The molecule has 66 valence electrons. The molecule has 0 N–H and O–H groups in total. The SMILES string of the molecule is O=[N+]([O-])OCCSc1cnsn1. The zero-order chi connectivity index (χ0) is 8.81. The third kappa shape index (κ3) is 3.49. The fraction of sp³-hybridized carbons (Fsp3) is 0.500. The van der Waals surface area contributed by atoms with Gasteiger partial charge in [0.25, 0.3) is 5.09 Å². The highest BCUT2D eigenvalue weighted by atomic mass is 32.2. The number of rotatable bonds is 5. The minimum Gasteiger partial charge on any atom is -0.313 e. The second-order valence-electron chi connectivity index (χ2n) is 1.65. The normalized spacial score (nSPS) is 9.67. The molecule has 0 spiro atoms. The predicted octanol–water partition coefficient (Wildman–Crippen LogP) is 0.838. The average molecular weight is 207 g/mol. The summed E-state index contributed by atoms with van der Waals surface area (Å²) < 4.78 is 7.67. The van der Waals surface area contributed by atoms with Crippen molar-refractivity contribution in [3.05, 3.63) is 16.3 Å². The Morgan fingerprint density at radius 3 is 3.25 bits per heavy atom. The van der Waals surface area contributed by atoms with Crippen LogP contribution < -0.4 is 0 Å². The Balaban J connectivity index is 2.07. The lowest BCUT2D eigenvalue weighted by Gasteiger charge is -1.95. The molecule has 1 rings (SSSR count). The Morgan fingerprint density at radius 1 is 1.83 bits per heavy atom. The van der Waals surface area contributed by atoms with Crippen molar-refractivity contribution in [3.63, 3.8) is 0 Å². The maximum absolute atomic E-state index is 9.71. The van der Waals surface area contributed by atoms with Gasteiger partial charge in [-0.3, -0.25) is 0 Å². The van der Waals surface area contributed by atoms with E-state index in [1.54, 1.807) is 6.20 Å². The molecule has 1 heterocycles. The van der Waals surface area contributed by atoms with Crippen LogP contribution in [0.3, 0.4) is 0 Å². The molecule has 0 saturated heterocycles. The van der Waals surface area contributed by atoms with Gasteiger partial charge in [0.2, 0.25) is 0 Å². The molecular weight excluding hydrogens is 202 g/mol. The molecule has 0 saturated carbocycles. The summed E-state index contributed by atoms with van der Waals surface area (Å²) >= 11 is 2.48. The predicted molar refractivity (Wildman–Crippen MR) is 43.6 cm³/mol. The van der Waals surface area contributed by atoms with Crippen molar-refractivity contribution in [1.29, 1.82) is 0 Å². The van der Waals surface area contributed by atoms with E-state index in [1.165, 1.54) is 11.8 Å². The lowest BCUT2D eigenvalue weighted by molar-refractivity contribution is -0.756. The molecule has 0 aliphatic carbocycles. The van der Waals surface area contributed by atoms with Gasteiger partial charge in [-0.1, -0.05) is 0 Å². The van der Waals surface area contributed by atoms with Crippen molar-refractivity contribution in [2.45, 2.75) is 5.03 Å². The van der Waals surface area contributed by atoms with Crippen LogP contribution >= 0.6 is 23.5 Å². The first kappa shape index (κ1) is 9.20. The summed E-state index contributed by atoms with van der Waals surface area (Å²) in [6.45, 7) is 0.0786. The van der Waals surface area contributed by atoms with Crippen LogP contribution in [-0.4, -0.2) is 26.2 Å². The summed E-state index contributed by atoms with van der Waals surface area (Å²) in [6.07, 6.45) is 1.61. The van der Waals surface area contributed by atoms with E-state index in [0.29, 0.717) is 5.75 Å². The van der Waals surface area contributed by atoms with Crippen molar-refractivity contribution in [2.24, 2.45) is 0 Å². The highest BCUT2D eigenvalue weighted by molar-refractivity contribution is 7.99. The molecule has 1 aromatic heterocycles. The monoisotopic (exact) mass is 207 g/mol. The van der Waals surface area contributed by atoms with Gasteiger partial charge in [-0.05, 0) is 0 Å². The average Bonchev–Trinajstić information content (AvgIpc) is 2.49. The molecule has 0 aliphatic rings. The number of thioether (sulfide) groups is 1. The first-order valence-electron chi connectivity index (χ1n) is 2.96. The lowest BCUT2D eigenvalue weighted by atomic mass is 10.9. The van der Waals surface area contributed by atoms with E-state index in [0.717, 1.165) is 16.8 Å². The summed E-state index contributed by atoms with van der Waals surface area (Å²) in [4.78, 5) is 13.8. The summed E-state index contributed by atoms with van der Waals surface area (Å²) in [7, 11) is 0. The highest BCUT2D eigenvalue weighted by Crippen LogP contribution is 2.13. The molecule has 6 nitrogen and oxygen atoms in total. The number of aromatic nitrogens is 2. The van der Waals surface area contributed by atoms with Crippen LogP contribution in [0.5, 0.6) is 0 Å². The molecule has 0 unspecified atom stereocenters. The Hall–Kier alpha value is -0.890. The zero-order valence-electron chi connectivity index (χ0n) is 5.87. The Labute approximate surface area is 76.4 Å². The molecule has 0 amide bonds. The van der Waals surface area contributed by atoms with Crippen LogP contribution in [0.1, 0.15) is 0 Å². The highest BCUT2D eigenvalue weighted by Gasteiger charge is 1.98. The topological polar surface area (TPSA) is 78.2 Å². The van der Waals surface area contributed by atoms with Crippen LogP contribution in [0.4, 0.5) is 0 Å². The van der Waals surface area contributed by atoms with Gasteiger partial charge in [0, 0.05) is 5.75 Å². The third-order valence-electron chi connectivity index (χ3n) is 0.871. The molecule has 0 radical (unpaired) electrons. The maximum atomic E-state index is 9.71. The van der Waals surface area contributed by atoms with E-state index >= 15 is 0 Å². The zero-order valence-corrected chi connectivity index (χ0v) is 7.51. The molecule has 0 aliphatic heterocycles. The third-order valence-corrected chi connectivity index (χ3v) is 2.33. The van der Waals surface area contributed by atoms with Crippen molar-refractivity contribution in [3.8, 4) is 0 Å². The summed E-state index contributed by atoms with van der Waals surface area (Å²) in [6, 6.07) is 0. The van der Waals surface area contributed by atoms with Gasteiger partial charge in [-0.15, -0.1) is 21.9 Å². The summed E-state index contributed by atoms with van der Waals surface area (Å²) in [5.74, 6) is 0.506. The van der Waals surface area contributed by atoms with Crippen LogP contribution in [0.25, 0.3) is 0 Å². The van der Waals surface area contributed by atoms with E-state index in [9.17, 15) is 10.1 Å². The van der Waals surface area contributed by atoms with Gasteiger partial charge in [0.15, 0.2) is 0 Å². The lowest BCUT2D eigenvalue weighted by Crippen LogP contribution is -2.03. The maximum Gasteiger partial charge on any atom is 0.294 e. The summed E-state index contributed by atoms with van der Waals surface area (Å²) in [5.41, 5.74) is 0. The Morgan fingerprint density at radius 2 is 2.67 bits per heavy atom. The molecule has 0 atom stereocenters. The van der Waals surface area contributed by atoms with Crippen LogP contribution in [0, 0.1) is 10.1 Å². The quantitative estimate of drug-likeness (QED) is 0.308. The van der Waals surface area contributed by atoms with E-state index in [1.807, 2.05) is 0 Å². The van der Waals surface area contributed by atoms with E-state index in [-0.39, 0.29) is 6.61 Å². The molecule has 8 heteroatoms. The van der Waals surface area contributed by atoms with E-state index < -0.39 is 5.09 Å². The Kier molecular flexibility index (Phi) is 3.74. The minimum absolute atomic E-state index is 0.0786. The van der Waals surface area contributed by atoms with Gasteiger partial charge in [0.05, 0.1) is 17.9 Å². The standard InChI is InChI=1S/C4H5N3O3S2/c8-7(9)10-1-2-11-4-3-5-12-6-4/h3H,1-2H2. The van der Waals surface area contributed by atoms with Crippen molar-refractivity contribution in [2.75, 3.05) is 12.4 Å². The van der Waals surface area contributed by atoms with Crippen LogP contribution in [-0.2, 0) is 4.84 Å². The molecule has 0 fully saturated rings. The molecule has 12 heavy (non-hydrogen) atoms. The first-order chi connectivity index (χ1) is 5.79. The summed E-state index contributed by atoms with van der Waals surface area (Å²) in [5, 5.41) is 9.67. The van der Waals surface area contributed by atoms with Gasteiger partial charge in [-0.25, -0.2) is 0 Å². The van der Waals surface area contributed by atoms with Crippen LogP contribution in [0.2, 0.25) is 0 Å². The van der Waals surface area contributed by atoms with E-state index in [2.05, 4.69) is 13.6 Å². The second kappa shape index (κ2) is 4.88. The van der Waals surface area contributed by atoms with Gasteiger partial charge >= 0.3 is 0 Å². The van der Waals surface area contributed by atoms with E-state index in [4.69, 9.17) is 0 Å². The first-order valence-corrected chi connectivity index (χ1v) is 4.68. The fourth-order valence-corrected chi connectivity index (χ4v) is 1.67. The largest absolute Gasteiger partial charge is 0.313 e. The molecule has 0 aromatic carbocycles. The number of hydrogen-bond donors (Lipinski definition) is 0. The van der Waals surface area contributed by atoms with Gasteiger partial charge < -0.3 is 4.84 Å². The number of nitrogens with zero attached hydrogens (tertiary/aromatic N) is 3. The Bertz CT molecular complexity index is 240. The second-order valence-corrected chi connectivity index (χ2v) is 3.32. The minimum atomic E-state index is -0.806. The fourth-order valence-electron chi connectivity index (χ4n) is 0.478. The van der Waals surface area contributed by atoms with Gasteiger partial charge in [-0.2, -0.15) is 8.75 Å². The number of hydrogen-bond acceptors (Lipinski definition) is 7. The van der Waals surface area contributed by atoms with Crippen molar-refractivity contribution >= 4 is 23.5 Å². The van der Waals surface area contributed by atoms with Crippen molar-refractivity contribution < 1.29 is 9.92 Å². The molecular formula is C4H5N3O3S2.